The summed E-state index contributed by atoms with van der Waals surface area (Å²) in [4.78, 5) is 0. The van der Waals surface area contributed by atoms with Crippen LogP contribution >= 0.6 is 0 Å². The summed E-state index contributed by atoms with van der Waals surface area (Å²) >= 11 is 0. The molecule has 2 aliphatic rings. The molecule has 1 N–H and O–H groups in total. The molecule has 3 heteroatoms. The second-order valence-corrected chi connectivity index (χ2v) is 6.42. The second kappa shape index (κ2) is 5.38. The van der Waals surface area contributed by atoms with Crippen molar-refractivity contribution >= 4 is 0 Å². The van der Waals surface area contributed by atoms with Crippen LogP contribution in [0.4, 0.5) is 0 Å². The molecule has 1 unspecified atom stereocenters. The van der Waals surface area contributed by atoms with E-state index in [0.717, 1.165) is 38.1 Å². The molecule has 0 saturated carbocycles. The Kier molecular flexibility index (Phi) is 3.74. The maximum Gasteiger partial charge on any atom is 0.125 e. The molecule has 0 bridgehead atoms. The number of fused-ring (bicyclic) bond motifs is 1. The first-order valence-electron chi connectivity index (χ1n) is 7.70. The summed E-state index contributed by atoms with van der Waals surface area (Å²) < 4.78 is 12.2. The lowest BCUT2D eigenvalue weighted by Gasteiger charge is -2.44. The summed E-state index contributed by atoms with van der Waals surface area (Å²) in [6, 6.07) is 6.60. The van der Waals surface area contributed by atoms with Crippen LogP contribution in [0, 0.1) is 0 Å². The van der Waals surface area contributed by atoms with Crippen molar-refractivity contribution in [3.63, 3.8) is 0 Å². The minimum atomic E-state index is -0.0295. The summed E-state index contributed by atoms with van der Waals surface area (Å²) in [5.41, 5.74) is 2.55. The van der Waals surface area contributed by atoms with Crippen molar-refractivity contribution in [3.8, 4) is 5.75 Å². The smallest absolute Gasteiger partial charge is 0.125 e. The molecule has 110 valence electrons. The Morgan fingerprint density at radius 3 is 2.70 bits per heavy atom. The van der Waals surface area contributed by atoms with E-state index in [0.29, 0.717) is 5.92 Å². The summed E-state index contributed by atoms with van der Waals surface area (Å²) in [5, 5.41) is 3.42. The van der Waals surface area contributed by atoms with Gasteiger partial charge in [0.2, 0.25) is 0 Å². The molecule has 1 saturated heterocycles. The van der Waals surface area contributed by atoms with Crippen molar-refractivity contribution in [3.05, 3.63) is 29.3 Å². The topological polar surface area (TPSA) is 30.5 Å². The number of methoxy groups -OCH3 is 1. The predicted molar refractivity (Wildman–Crippen MR) is 80.4 cm³/mol. The lowest BCUT2D eigenvalue weighted by Crippen LogP contribution is -2.49. The Bertz CT molecular complexity index is 478. The summed E-state index contributed by atoms with van der Waals surface area (Å²) in [7, 11) is 1.82. The van der Waals surface area contributed by atoms with Gasteiger partial charge in [0.25, 0.3) is 0 Å². The van der Waals surface area contributed by atoms with Crippen molar-refractivity contribution in [1.82, 2.24) is 5.32 Å². The van der Waals surface area contributed by atoms with Crippen LogP contribution in [0.25, 0.3) is 0 Å². The van der Waals surface area contributed by atoms with Crippen molar-refractivity contribution in [1.29, 1.82) is 0 Å². The number of piperidine rings is 1. The van der Waals surface area contributed by atoms with Crippen LogP contribution in [0.15, 0.2) is 18.2 Å². The number of hydrogen-bond acceptors (Lipinski definition) is 3. The molecule has 3 rings (SSSR count). The zero-order valence-electron chi connectivity index (χ0n) is 12.7. The molecule has 1 aromatic rings. The van der Waals surface area contributed by atoms with Crippen LogP contribution in [0.3, 0.4) is 0 Å². The zero-order chi connectivity index (χ0) is 14.2. The van der Waals surface area contributed by atoms with E-state index in [9.17, 15) is 0 Å². The minimum Gasteiger partial charge on any atom is -0.487 e. The molecular formula is C17H25NO2. The van der Waals surface area contributed by atoms with Crippen LogP contribution in [0.2, 0.25) is 0 Å². The van der Waals surface area contributed by atoms with Gasteiger partial charge in [0, 0.05) is 19.1 Å². The maximum atomic E-state index is 6.41. The Balaban J connectivity index is 1.95. The third-order valence-corrected chi connectivity index (χ3v) is 4.73. The lowest BCUT2D eigenvalue weighted by atomic mass is 9.81. The molecule has 2 heterocycles. The minimum absolute atomic E-state index is 0.0295. The molecule has 1 spiro atoms. The number of rotatable bonds is 2. The van der Waals surface area contributed by atoms with E-state index in [2.05, 4.69) is 37.4 Å². The van der Waals surface area contributed by atoms with Crippen LogP contribution in [-0.4, -0.2) is 25.8 Å². The molecule has 0 aromatic heterocycles. The lowest BCUT2D eigenvalue weighted by molar-refractivity contribution is -0.0479. The van der Waals surface area contributed by atoms with Gasteiger partial charge in [-0.15, -0.1) is 0 Å². The molecule has 0 radical (unpaired) electrons. The normalized spacial score (nSPS) is 24.5. The number of ether oxygens (including phenoxy) is 2. The van der Waals surface area contributed by atoms with E-state index in [1.807, 2.05) is 7.11 Å². The quantitative estimate of drug-likeness (QED) is 0.897. The van der Waals surface area contributed by atoms with Gasteiger partial charge in [0.05, 0.1) is 6.10 Å². The first kappa shape index (κ1) is 13.9. The summed E-state index contributed by atoms with van der Waals surface area (Å²) in [6.45, 7) is 6.52. The largest absolute Gasteiger partial charge is 0.487 e. The molecule has 0 amide bonds. The van der Waals surface area contributed by atoms with E-state index < -0.39 is 0 Å². The van der Waals surface area contributed by atoms with E-state index in [1.165, 1.54) is 11.1 Å². The fourth-order valence-electron chi connectivity index (χ4n) is 3.39. The molecule has 1 aromatic carbocycles. The molecule has 2 aliphatic heterocycles. The summed E-state index contributed by atoms with van der Waals surface area (Å²) in [6.07, 6.45) is 3.27. The Hall–Kier alpha value is -1.06. The number of hydrogen-bond donors (Lipinski definition) is 1. The van der Waals surface area contributed by atoms with Crippen molar-refractivity contribution in [2.45, 2.75) is 50.7 Å². The van der Waals surface area contributed by atoms with Gasteiger partial charge in [-0.25, -0.2) is 0 Å². The molecule has 1 atom stereocenters. The van der Waals surface area contributed by atoms with Gasteiger partial charge < -0.3 is 14.8 Å². The predicted octanol–water partition coefficient (Wildman–Crippen LogP) is 3.40. The van der Waals surface area contributed by atoms with Crippen molar-refractivity contribution < 1.29 is 9.47 Å². The van der Waals surface area contributed by atoms with E-state index in [4.69, 9.17) is 9.47 Å². The fourth-order valence-corrected chi connectivity index (χ4v) is 3.39. The van der Waals surface area contributed by atoms with E-state index in [-0.39, 0.29) is 11.7 Å². The highest BCUT2D eigenvalue weighted by Gasteiger charge is 2.42. The Morgan fingerprint density at radius 1 is 1.30 bits per heavy atom. The van der Waals surface area contributed by atoms with Crippen molar-refractivity contribution in [2.75, 3.05) is 20.2 Å². The monoisotopic (exact) mass is 275 g/mol. The van der Waals surface area contributed by atoms with Crippen LogP contribution in [0.5, 0.6) is 5.75 Å². The van der Waals surface area contributed by atoms with Gasteiger partial charge in [-0.1, -0.05) is 19.9 Å². The Morgan fingerprint density at radius 2 is 2.05 bits per heavy atom. The van der Waals surface area contributed by atoms with Crippen LogP contribution < -0.4 is 10.1 Å². The van der Waals surface area contributed by atoms with Crippen LogP contribution in [0.1, 0.15) is 56.3 Å². The number of benzene rings is 1. The summed E-state index contributed by atoms with van der Waals surface area (Å²) in [5.74, 6) is 1.56. The second-order valence-electron chi connectivity index (χ2n) is 6.42. The van der Waals surface area contributed by atoms with Gasteiger partial charge in [-0.2, -0.15) is 0 Å². The van der Waals surface area contributed by atoms with E-state index >= 15 is 0 Å². The zero-order valence-corrected chi connectivity index (χ0v) is 12.7. The fraction of sp³-hybridized carbons (Fsp3) is 0.647. The SMILES string of the molecule is COC1CC2(CCNCC2)Oc2ccc(C(C)C)cc21. The first-order valence-corrected chi connectivity index (χ1v) is 7.70. The molecule has 0 aliphatic carbocycles. The van der Waals surface area contributed by atoms with Gasteiger partial charge in [-0.3, -0.25) is 0 Å². The van der Waals surface area contributed by atoms with Gasteiger partial charge in [0.1, 0.15) is 11.4 Å². The highest BCUT2D eigenvalue weighted by Crippen LogP contribution is 2.45. The van der Waals surface area contributed by atoms with Gasteiger partial charge in [0.15, 0.2) is 0 Å². The first-order chi connectivity index (χ1) is 9.63. The van der Waals surface area contributed by atoms with Crippen LogP contribution in [-0.2, 0) is 4.74 Å². The van der Waals surface area contributed by atoms with E-state index in [1.54, 1.807) is 0 Å². The average Bonchev–Trinajstić information content (AvgIpc) is 2.46. The molecule has 3 nitrogen and oxygen atoms in total. The molecule has 1 fully saturated rings. The molecule has 20 heavy (non-hydrogen) atoms. The maximum absolute atomic E-state index is 6.41. The van der Waals surface area contributed by atoms with Gasteiger partial charge >= 0.3 is 0 Å². The van der Waals surface area contributed by atoms with Gasteiger partial charge in [-0.05, 0) is 49.5 Å². The molecular weight excluding hydrogens is 250 g/mol. The third kappa shape index (κ3) is 2.45. The van der Waals surface area contributed by atoms with Crippen molar-refractivity contribution in [2.24, 2.45) is 0 Å². The standard InChI is InChI=1S/C17H25NO2/c1-12(2)13-4-5-15-14(10-13)16(19-3)11-17(20-15)6-8-18-9-7-17/h4-5,10,12,16,18H,6-9,11H2,1-3H3. The highest BCUT2D eigenvalue weighted by atomic mass is 16.5. The highest BCUT2D eigenvalue weighted by molar-refractivity contribution is 5.42. The average molecular weight is 275 g/mol. The number of nitrogens with one attached hydrogen (secondary N) is 1. The third-order valence-electron chi connectivity index (χ3n) is 4.73. The Labute approximate surface area is 121 Å².